The van der Waals surface area contributed by atoms with Crippen LogP contribution in [0.2, 0.25) is 5.02 Å². The molecule has 0 saturated heterocycles. The number of rotatable bonds is 45. The van der Waals surface area contributed by atoms with Crippen LogP contribution in [0.3, 0.4) is 0 Å². The van der Waals surface area contributed by atoms with Gasteiger partial charge in [-0.15, -0.1) is 0 Å². The number of ether oxygens (including phenoxy) is 21. The number of halogens is 2. The topological polar surface area (TPSA) is 363 Å². The first-order valence-corrected chi connectivity index (χ1v) is 45.9. The second-order valence-electron chi connectivity index (χ2n) is 31.6. The number of allylic oxidation sites excluding steroid dienone is 8. The van der Waals surface area contributed by atoms with Crippen molar-refractivity contribution < 1.29 is 149 Å². The zero-order valence-corrected chi connectivity index (χ0v) is 87.2. The summed E-state index contributed by atoms with van der Waals surface area (Å²) >= 11 is 6.14. The van der Waals surface area contributed by atoms with E-state index >= 15 is 0 Å². The van der Waals surface area contributed by atoms with Gasteiger partial charge in [0.1, 0.15) is 5.75 Å². The molecule has 0 aliphatic carbocycles. The van der Waals surface area contributed by atoms with Crippen LogP contribution >= 0.6 is 11.6 Å². The van der Waals surface area contributed by atoms with E-state index in [1.165, 1.54) is 120 Å². The number of hydrogen-bond acceptors (Lipinski definition) is 30. The summed E-state index contributed by atoms with van der Waals surface area (Å²) in [5.74, 6) is 7.61. The Bertz CT molecular complexity index is 6380. The molecule has 5 N–H and O–H groups in total. The predicted molar refractivity (Wildman–Crippen MR) is 573 cm³/mol. The molecule has 0 aromatic heterocycles. The van der Waals surface area contributed by atoms with E-state index in [0.717, 1.165) is 67.3 Å². The Morgan fingerprint density at radius 2 is 0.436 bits per heavy atom. The van der Waals surface area contributed by atoms with Crippen molar-refractivity contribution in [2.75, 3.05) is 149 Å². The Kier molecular flexibility index (Phi) is 44.0. The first kappa shape index (κ1) is 115. The number of ketones is 4. The molecular weight excluding hydrogens is 1940 g/mol. The van der Waals surface area contributed by atoms with E-state index in [0.29, 0.717) is 168 Å². The van der Waals surface area contributed by atoms with Crippen molar-refractivity contribution in [2.24, 2.45) is 0 Å². The van der Waals surface area contributed by atoms with Gasteiger partial charge >= 0.3 is 0 Å². The highest BCUT2D eigenvalue weighted by atomic mass is 35.5. The van der Waals surface area contributed by atoms with Gasteiger partial charge in [0.05, 0.1) is 154 Å². The highest BCUT2D eigenvalue weighted by Crippen LogP contribution is 2.46. The lowest BCUT2D eigenvalue weighted by atomic mass is 10.0. The Morgan fingerprint density at radius 1 is 0.221 bits per heavy atom. The van der Waals surface area contributed by atoms with Crippen LogP contribution < -0.4 is 99.5 Å². The summed E-state index contributed by atoms with van der Waals surface area (Å²) < 4.78 is 126. The Hall–Kier alpha value is -17.7. The zero-order valence-electron chi connectivity index (χ0n) is 86.4. The summed E-state index contributed by atoms with van der Waals surface area (Å²) in [6.45, 7) is 0. The molecule has 0 fully saturated rings. The van der Waals surface area contributed by atoms with Crippen molar-refractivity contribution in [1.82, 2.24) is 0 Å². The number of benzene rings is 12. The van der Waals surface area contributed by atoms with Crippen LogP contribution in [-0.2, 0) is 25.7 Å². The third kappa shape index (κ3) is 30.7. The Morgan fingerprint density at radius 3 is 0.664 bits per heavy atom. The molecule has 149 heavy (non-hydrogen) atoms. The van der Waals surface area contributed by atoms with Crippen molar-refractivity contribution in [3.63, 3.8) is 0 Å². The standard InChI is InChI=1S/C30H32O8.C29H29ClO7.C29H29FO7.C29H30O8/c1-33-25-13-12-22(18-27(25)35-3)23(31)9-7-8-20-17-26(34-2)24(32)16-21(20)11-10-19-14-28(36-4)30(38-6)29(15-19)37-5;2*1-33-25-12-11-21(15-22(25)30)23(31)8-6-7-19-17-26(34-2)24(32)16-20(19)10-9-18-13-27(35-3)29(37-5)28(14-18)36-4;1-33-25-12-11-21(16-23(25)31)22(30)8-6-7-19-17-26(34-2)24(32)15-20(19)10-9-18-13-27(35-3)29(37-5)28(14-18)36-4/h7,9-18,32H,8H2,1-6H3;2*6,8-17,32H,7H2,1-5H3;6,8-17,31-32H,7H2,1-5H3/b9-7-,11-10-;3*8-6-,10-9-. The van der Waals surface area contributed by atoms with Gasteiger partial charge in [0.2, 0.25) is 23.0 Å². The molecule has 0 aliphatic heterocycles. The normalized spacial score (nSPS) is 11.1. The molecule has 12 rings (SSSR count). The monoisotopic (exact) mass is 2060 g/mol. The van der Waals surface area contributed by atoms with Gasteiger partial charge in [-0.05, 0) is 287 Å². The number of hydrogen-bond donors (Lipinski definition) is 5. The van der Waals surface area contributed by atoms with Crippen LogP contribution in [0.5, 0.6) is 149 Å². The zero-order chi connectivity index (χ0) is 109. The van der Waals surface area contributed by atoms with Gasteiger partial charge < -0.3 is 125 Å². The largest absolute Gasteiger partial charge is 0.504 e. The highest BCUT2D eigenvalue weighted by molar-refractivity contribution is 6.32. The number of phenolic OH excluding ortho intramolecular Hbond substituents is 5. The number of carbonyl (C=O) groups excluding carboxylic acids is 4. The van der Waals surface area contributed by atoms with E-state index in [4.69, 9.17) is 111 Å². The lowest BCUT2D eigenvalue weighted by Crippen LogP contribution is -1.98. The fourth-order valence-corrected chi connectivity index (χ4v) is 15.3. The predicted octanol–water partition coefficient (Wildman–Crippen LogP) is 22.9. The van der Waals surface area contributed by atoms with E-state index in [-0.39, 0.29) is 63.2 Å². The number of aromatic hydroxyl groups is 5. The van der Waals surface area contributed by atoms with Gasteiger partial charge in [-0.2, -0.15) is 0 Å². The first-order valence-electron chi connectivity index (χ1n) is 45.5. The van der Waals surface area contributed by atoms with E-state index in [1.807, 2.05) is 85.0 Å². The molecule has 0 unspecified atom stereocenters. The minimum Gasteiger partial charge on any atom is -0.504 e. The minimum absolute atomic E-state index is 0.00345. The smallest absolute Gasteiger partial charge is 0.203 e. The maximum Gasteiger partial charge on any atom is 0.203 e. The van der Waals surface area contributed by atoms with Crippen LogP contribution in [0.4, 0.5) is 4.39 Å². The number of methoxy groups -OCH3 is 21. The van der Waals surface area contributed by atoms with Crippen LogP contribution in [0.15, 0.2) is 218 Å². The van der Waals surface area contributed by atoms with Crippen molar-refractivity contribution in [3.8, 4) is 149 Å². The van der Waals surface area contributed by atoms with Crippen LogP contribution in [0.25, 0.3) is 48.6 Å². The first-order chi connectivity index (χ1) is 71.9. The molecule has 0 atom stereocenters. The Balaban J connectivity index is 0.000000221. The minimum atomic E-state index is -0.607. The van der Waals surface area contributed by atoms with E-state index in [2.05, 4.69) is 0 Å². The molecule has 0 heterocycles. The van der Waals surface area contributed by atoms with Crippen molar-refractivity contribution in [1.29, 1.82) is 0 Å². The molecule has 30 nitrogen and oxygen atoms in total. The maximum atomic E-state index is 14.0. The fourth-order valence-electron chi connectivity index (χ4n) is 15.1. The average Bonchev–Trinajstić information content (AvgIpc) is 0.820. The quantitative estimate of drug-likeness (QED) is 0.0134. The van der Waals surface area contributed by atoms with Gasteiger partial charge in [0.25, 0.3) is 0 Å². The SMILES string of the molecule is COc1cc(C/C=C\C(=O)c2ccc(OC)c(Cl)c2)c(/C=C\c2cc(OC)c(OC)c(OC)c2)cc1O.COc1cc(C/C=C\C(=O)c2ccc(OC)c(F)c2)c(/C=C\c2cc(OC)c(OC)c(OC)c2)cc1O.COc1cc(C/C=C\C(=O)c2ccc(OC)c(OC)c2)c(/C=C\c2cc(OC)c(OC)c(OC)c2)cc1O.COc1ccc(C(=O)/C=C\Cc2cc(OC)c(O)cc2/C=C\c2cc(OC)c(OC)c(OC)c2)cc1O. The Labute approximate surface area is 869 Å². The van der Waals surface area contributed by atoms with E-state index in [9.17, 15) is 49.1 Å². The summed E-state index contributed by atoms with van der Waals surface area (Å²) in [5.41, 5.74) is 10.9. The molecule has 0 spiro atoms. The van der Waals surface area contributed by atoms with Crippen molar-refractivity contribution in [3.05, 3.63) is 318 Å². The fraction of sp³-hybridized carbons (Fsp3) is 0.214. The summed E-state index contributed by atoms with van der Waals surface area (Å²) in [6, 6.07) is 46.2. The van der Waals surface area contributed by atoms with Gasteiger partial charge in [-0.25, -0.2) is 4.39 Å². The van der Waals surface area contributed by atoms with Crippen molar-refractivity contribution >= 4 is 83.3 Å². The lowest BCUT2D eigenvalue weighted by molar-refractivity contribution is 0.103. The third-order valence-corrected chi connectivity index (χ3v) is 23.1. The summed E-state index contributed by atoms with van der Waals surface area (Å²) in [5, 5.41) is 51.8. The molecule has 12 aromatic rings. The second-order valence-corrected chi connectivity index (χ2v) is 32.0. The molecule has 0 amide bonds. The molecule has 32 heteroatoms. The van der Waals surface area contributed by atoms with Gasteiger partial charge in [0.15, 0.2) is 150 Å². The van der Waals surface area contributed by atoms with Gasteiger partial charge in [-0.1, -0.05) is 84.5 Å². The molecule has 0 aliphatic rings. The van der Waals surface area contributed by atoms with Crippen LogP contribution in [-0.4, -0.2) is 198 Å². The molecule has 0 bridgehead atoms. The van der Waals surface area contributed by atoms with Crippen LogP contribution in [0, 0.1) is 5.82 Å². The maximum absolute atomic E-state index is 14.0. The van der Waals surface area contributed by atoms with Crippen LogP contribution in [0.1, 0.15) is 108 Å². The van der Waals surface area contributed by atoms with E-state index in [1.54, 1.807) is 206 Å². The molecule has 0 saturated carbocycles. The average molecular weight is 2060 g/mol. The number of phenols is 5. The third-order valence-electron chi connectivity index (χ3n) is 22.8. The summed E-state index contributed by atoms with van der Waals surface area (Å²) in [6.07, 6.45) is 29.1. The van der Waals surface area contributed by atoms with Gasteiger partial charge in [-0.3, -0.25) is 19.2 Å². The molecular formula is C117H120ClFO30. The summed E-state index contributed by atoms with van der Waals surface area (Å²) in [4.78, 5) is 50.5. The molecule has 12 aromatic carbocycles. The second kappa shape index (κ2) is 57.1. The van der Waals surface area contributed by atoms with Crippen molar-refractivity contribution in [2.45, 2.75) is 25.7 Å². The highest BCUT2D eigenvalue weighted by Gasteiger charge is 2.22. The number of carbonyl (C=O) groups is 4. The summed E-state index contributed by atoms with van der Waals surface area (Å²) in [7, 11) is 31.8. The van der Waals surface area contributed by atoms with Gasteiger partial charge in [0, 0.05) is 22.3 Å². The molecule has 0 radical (unpaired) electrons. The van der Waals surface area contributed by atoms with E-state index < -0.39 is 5.82 Å². The lowest BCUT2D eigenvalue weighted by Gasteiger charge is -2.13. The molecule has 782 valence electrons.